The zero-order valence-corrected chi connectivity index (χ0v) is 17.0. The predicted molar refractivity (Wildman–Crippen MR) is 119 cm³/mol. The molecular formula is C24H20F2N2OS. The summed E-state index contributed by atoms with van der Waals surface area (Å²) < 4.78 is 28.8. The fraction of sp³-hybridized carbons (Fsp3) is 0.208. The maximum atomic E-state index is 13.4. The van der Waals surface area contributed by atoms with Crippen molar-refractivity contribution in [2.24, 2.45) is 0 Å². The SMILES string of the molecule is O=c1[nH]ccc2cc(-c3cccc4cc(SN5CCC(F)(F)CC5)ccc34)ccc12. The summed E-state index contributed by atoms with van der Waals surface area (Å²) in [7, 11) is 0. The number of fused-ring (bicyclic) bond motifs is 2. The van der Waals surface area contributed by atoms with Crippen LogP contribution in [0.15, 0.2) is 76.6 Å². The molecule has 0 spiro atoms. The van der Waals surface area contributed by atoms with E-state index in [1.165, 1.54) is 0 Å². The van der Waals surface area contributed by atoms with Crippen LogP contribution in [-0.2, 0) is 0 Å². The lowest BCUT2D eigenvalue weighted by molar-refractivity contribution is -0.0399. The molecular weight excluding hydrogens is 402 g/mol. The van der Waals surface area contributed by atoms with Crippen molar-refractivity contribution >= 4 is 33.5 Å². The van der Waals surface area contributed by atoms with E-state index in [0.717, 1.165) is 32.2 Å². The van der Waals surface area contributed by atoms with Crippen LogP contribution in [0.5, 0.6) is 0 Å². The van der Waals surface area contributed by atoms with Gasteiger partial charge in [-0.2, -0.15) is 0 Å². The smallest absolute Gasteiger partial charge is 0.255 e. The maximum Gasteiger partial charge on any atom is 0.255 e. The highest BCUT2D eigenvalue weighted by atomic mass is 32.2. The number of hydrogen-bond acceptors (Lipinski definition) is 3. The number of alkyl halides is 2. The number of nitrogens with zero attached hydrogens (tertiary/aromatic N) is 1. The van der Waals surface area contributed by atoms with Gasteiger partial charge in [0.2, 0.25) is 0 Å². The van der Waals surface area contributed by atoms with Crippen molar-refractivity contribution in [3.63, 3.8) is 0 Å². The minimum Gasteiger partial charge on any atom is -0.329 e. The van der Waals surface area contributed by atoms with Crippen molar-refractivity contribution in [2.75, 3.05) is 13.1 Å². The molecule has 1 N–H and O–H groups in total. The van der Waals surface area contributed by atoms with Crippen LogP contribution in [0.25, 0.3) is 32.7 Å². The number of piperidine rings is 1. The number of aromatic amines is 1. The third kappa shape index (κ3) is 3.73. The molecule has 1 saturated heterocycles. The summed E-state index contributed by atoms with van der Waals surface area (Å²) in [5, 5.41) is 3.80. The van der Waals surface area contributed by atoms with Gasteiger partial charge in [-0.3, -0.25) is 4.79 Å². The van der Waals surface area contributed by atoms with Gasteiger partial charge >= 0.3 is 0 Å². The summed E-state index contributed by atoms with van der Waals surface area (Å²) in [6.45, 7) is 0.790. The molecule has 3 nitrogen and oxygen atoms in total. The highest BCUT2D eigenvalue weighted by Gasteiger charge is 2.34. The first-order chi connectivity index (χ1) is 14.5. The lowest BCUT2D eigenvalue weighted by Gasteiger charge is -2.30. The van der Waals surface area contributed by atoms with Gasteiger partial charge in [0.25, 0.3) is 11.5 Å². The first-order valence-electron chi connectivity index (χ1n) is 9.94. The number of halogens is 2. The Morgan fingerprint density at radius 2 is 1.67 bits per heavy atom. The zero-order valence-electron chi connectivity index (χ0n) is 16.2. The van der Waals surface area contributed by atoms with Crippen molar-refractivity contribution in [3.05, 3.63) is 77.2 Å². The van der Waals surface area contributed by atoms with E-state index in [2.05, 4.69) is 35.3 Å². The molecule has 2 heterocycles. The molecule has 0 saturated carbocycles. The van der Waals surface area contributed by atoms with Crippen molar-refractivity contribution in [3.8, 4) is 11.1 Å². The van der Waals surface area contributed by atoms with Gasteiger partial charge in [-0.1, -0.05) is 30.3 Å². The zero-order chi connectivity index (χ0) is 20.7. The van der Waals surface area contributed by atoms with Crippen molar-refractivity contribution < 1.29 is 8.78 Å². The van der Waals surface area contributed by atoms with Crippen molar-refractivity contribution in [1.82, 2.24) is 9.29 Å². The molecule has 30 heavy (non-hydrogen) atoms. The van der Waals surface area contributed by atoms with Crippen LogP contribution >= 0.6 is 11.9 Å². The van der Waals surface area contributed by atoms with Crippen LogP contribution in [0, 0.1) is 0 Å². The molecule has 0 amide bonds. The van der Waals surface area contributed by atoms with Gasteiger partial charge < -0.3 is 4.98 Å². The number of aromatic nitrogens is 1. The van der Waals surface area contributed by atoms with Crippen LogP contribution < -0.4 is 5.56 Å². The summed E-state index contributed by atoms with van der Waals surface area (Å²) in [6.07, 6.45) is 1.50. The molecule has 1 aliphatic rings. The van der Waals surface area contributed by atoms with Gasteiger partial charge in [-0.05, 0) is 69.6 Å². The first-order valence-corrected chi connectivity index (χ1v) is 10.7. The van der Waals surface area contributed by atoms with Crippen molar-refractivity contribution in [2.45, 2.75) is 23.7 Å². The van der Waals surface area contributed by atoms with Gasteiger partial charge in [0, 0.05) is 42.4 Å². The standard InChI is InChI=1S/C24H20F2N2OS/c25-24(26)9-12-28(13-10-24)30-19-5-7-21-16(15-19)2-1-3-20(21)17-4-6-22-18(14-17)8-11-27-23(22)29/h1-8,11,14-15H,9-10,12-13H2,(H,27,29). The summed E-state index contributed by atoms with van der Waals surface area (Å²) in [4.78, 5) is 15.7. The maximum absolute atomic E-state index is 13.4. The Kier molecular flexibility index (Phi) is 4.83. The minimum atomic E-state index is -2.53. The molecule has 0 aliphatic carbocycles. The monoisotopic (exact) mass is 422 g/mol. The Morgan fingerprint density at radius 1 is 0.900 bits per heavy atom. The van der Waals surface area contributed by atoms with Gasteiger partial charge in [0.05, 0.1) is 0 Å². The third-order valence-electron chi connectivity index (χ3n) is 5.62. The van der Waals surface area contributed by atoms with E-state index in [0.29, 0.717) is 18.5 Å². The highest BCUT2D eigenvalue weighted by Crippen LogP contribution is 2.36. The molecule has 1 aromatic heterocycles. The molecule has 0 radical (unpaired) electrons. The Labute approximate surface area is 176 Å². The van der Waals surface area contributed by atoms with Crippen molar-refractivity contribution in [1.29, 1.82) is 0 Å². The molecule has 4 aromatic rings. The van der Waals surface area contributed by atoms with Gasteiger partial charge in [-0.25, -0.2) is 13.1 Å². The molecule has 3 aromatic carbocycles. The lowest BCUT2D eigenvalue weighted by Crippen LogP contribution is -2.35. The highest BCUT2D eigenvalue weighted by molar-refractivity contribution is 7.97. The van der Waals surface area contributed by atoms with Crippen LogP contribution in [0.3, 0.4) is 0 Å². The average molecular weight is 423 g/mol. The van der Waals surface area contributed by atoms with Gasteiger partial charge in [0.15, 0.2) is 0 Å². The largest absolute Gasteiger partial charge is 0.329 e. The second-order valence-corrected chi connectivity index (χ2v) is 8.84. The second kappa shape index (κ2) is 7.52. The number of hydrogen-bond donors (Lipinski definition) is 1. The minimum absolute atomic E-state index is 0.0808. The number of nitrogens with one attached hydrogen (secondary N) is 1. The Hall–Kier alpha value is -2.70. The number of H-pyrrole nitrogens is 1. The molecule has 6 heteroatoms. The number of benzene rings is 3. The average Bonchev–Trinajstić information content (AvgIpc) is 2.75. The Morgan fingerprint density at radius 3 is 2.50 bits per heavy atom. The topological polar surface area (TPSA) is 36.1 Å². The summed E-state index contributed by atoms with van der Waals surface area (Å²) in [6, 6.07) is 20.2. The van der Waals surface area contributed by atoms with Crippen LogP contribution in [0.1, 0.15) is 12.8 Å². The van der Waals surface area contributed by atoms with Crippen LogP contribution in [-0.4, -0.2) is 28.3 Å². The molecule has 152 valence electrons. The second-order valence-electron chi connectivity index (χ2n) is 7.67. The van der Waals surface area contributed by atoms with E-state index in [-0.39, 0.29) is 18.4 Å². The molecule has 0 bridgehead atoms. The molecule has 1 aliphatic heterocycles. The lowest BCUT2D eigenvalue weighted by atomic mass is 9.97. The molecule has 0 atom stereocenters. The quantitative estimate of drug-likeness (QED) is 0.406. The fourth-order valence-electron chi connectivity index (χ4n) is 3.98. The van der Waals surface area contributed by atoms with E-state index < -0.39 is 5.92 Å². The normalized spacial score (nSPS) is 16.9. The summed E-state index contributed by atoms with van der Waals surface area (Å²) >= 11 is 1.55. The van der Waals surface area contributed by atoms with E-state index in [9.17, 15) is 13.6 Å². The molecule has 1 fully saturated rings. The predicted octanol–water partition coefficient (Wildman–Crippen LogP) is 6.09. The first kappa shape index (κ1) is 19.3. The Bertz CT molecular complexity index is 1290. The van der Waals surface area contributed by atoms with Crippen LogP contribution in [0.4, 0.5) is 8.78 Å². The van der Waals surface area contributed by atoms with E-state index in [4.69, 9.17) is 0 Å². The Balaban J connectivity index is 1.47. The summed E-state index contributed by atoms with van der Waals surface area (Å²) in [5.74, 6) is -2.53. The van der Waals surface area contributed by atoms with E-state index >= 15 is 0 Å². The fourth-order valence-corrected chi connectivity index (χ4v) is 4.96. The van der Waals surface area contributed by atoms with Gasteiger partial charge in [0.1, 0.15) is 0 Å². The molecule has 5 rings (SSSR count). The molecule has 0 unspecified atom stereocenters. The number of rotatable bonds is 3. The van der Waals surface area contributed by atoms with Crippen LogP contribution in [0.2, 0.25) is 0 Å². The summed E-state index contributed by atoms with van der Waals surface area (Å²) in [5.41, 5.74) is 2.07. The van der Waals surface area contributed by atoms with Gasteiger partial charge in [-0.15, -0.1) is 0 Å². The van der Waals surface area contributed by atoms with E-state index in [1.54, 1.807) is 18.1 Å². The number of pyridine rings is 1. The third-order valence-corrected chi connectivity index (χ3v) is 6.71. The van der Waals surface area contributed by atoms with E-state index in [1.807, 2.05) is 34.6 Å².